The van der Waals surface area contributed by atoms with Crippen LogP contribution < -0.4 is 5.32 Å². The maximum Gasteiger partial charge on any atom is 0.247 e. The molecule has 0 aliphatic heterocycles. The summed E-state index contributed by atoms with van der Waals surface area (Å²) in [6.45, 7) is 2.56. The summed E-state index contributed by atoms with van der Waals surface area (Å²) < 4.78 is 10.7. The smallest absolute Gasteiger partial charge is 0.247 e. The largest absolute Gasteiger partial charge is 0.421 e. The van der Waals surface area contributed by atoms with Crippen molar-refractivity contribution in [3.05, 3.63) is 36.2 Å². The van der Waals surface area contributed by atoms with Gasteiger partial charge in [0.25, 0.3) is 0 Å². The highest BCUT2D eigenvalue weighted by molar-refractivity contribution is 5.76. The summed E-state index contributed by atoms with van der Waals surface area (Å²) in [7, 11) is 1.63. The molecule has 6 heteroatoms. The lowest BCUT2D eigenvalue weighted by Gasteiger charge is -2.15. The number of nitrogens with one attached hydrogen (secondary N) is 1. The second-order valence-corrected chi connectivity index (χ2v) is 5.35. The van der Waals surface area contributed by atoms with E-state index < -0.39 is 0 Å². The third kappa shape index (κ3) is 5.49. The van der Waals surface area contributed by atoms with Gasteiger partial charge in [0.05, 0.1) is 12.6 Å². The van der Waals surface area contributed by atoms with Crippen LogP contribution in [0.15, 0.2) is 34.7 Å². The van der Waals surface area contributed by atoms with E-state index in [-0.39, 0.29) is 11.9 Å². The van der Waals surface area contributed by atoms with Gasteiger partial charge in [-0.3, -0.25) is 4.79 Å². The molecule has 23 heavy (non-hydrogen) atoms. The van der Waals surface area contributed by atoms with Gasteiger partial charge in [-0.2, -0.15) is 0 Å². The molecule has 6 nitrogen and oxygen atoms in total. The normalized spacial score (nSPS) is 12.1. The third-order valence-corrected chi connectivity index (χ3v) is 3.51. The Kier molecular flexibility index (Phi) is 6.75. The van der Waals surface area contributed by atoms with Gasteiger partial charge >= 0.3 is 0 Å². The zero-order chi connectivity index (χ0) is 16.5. The average molecular weight is 317 g/mol. The van der Waals surface area contributed by atoms with Crippen LogP contribution in [0.2, 0.25) is 0 Å². The zero-order valence-corrected chi connectivity index (χ0v) is 13.6. The monoisotopic (exact) mass is 317 g/mol. The first-order valence-electron chi connectivity index (χ1n) is 7.89. The Morgan fingerprint density at radius 3 is 2.78 bits per heavy atom. The number of methoxy groups -OCH3 is 1. The number of benzene rings is 1. The third-order valence-electron chi connectivity index (χ3n) is 3.51. The summed E-state index contributed by atoms with van der Waals surface area (Å²) in [4.78, 5) is 11.9. The summed E-state index contributed by atoms with van der Waals surface area (Å²) >= 11 is 0. The second kappa shape index (κ2) is 9.05. The Labute approximate surface area is 136 Å². The molecule has 0 saturated heterocycles. The van der Waals surface area contributed by atoms with Crippen molar-refractivity contribution in [3.63, 3.8) is 0 Å². The van der Waals surface area contributed by atoms with Crippen LogP contribution in [0, 0.1) is 0 Å². The Hall–Kier alpha value is -2.21. The number of amides is 1. The Bertz CT molecular complexity index is 598. The highest BCUT2D eigenvalue weighted by Crippen LogP contribution is 2.17. The number of hydrogen-bond acceptors (Lipinski definition) is 5. The average Bonchev–Trinajstić information content (AvgIpc) is 3.04. The highest BCUT2D eigenvalue weighted by Gasteiger charge is 2.12. The lowest BCUT2D eigenvalue weighted by atomic mass is 10.2. The number of hydrogen-bond donors (Lipinski definition) is 1. The standard InChI is InChI=1S/C17H23N3O3/c1-3-14(12-22-2)18-15(21)10-7-11-16-19-20-17(23-16)13-8-5-4-6-9-13/h4-6,8-9,14H,3,7,10-12H2,1-2H3,(H,18,21)/t14-/m0/s1. The van der Waals surface area contributed by atoms with Crippen LogP contribution in [0.4, 0.5) is 0 Å². The molecule has 1 heterocycles. The minimum Gasteiger partial charge on any atom is -0.421 e. The lowest BCUT2D eigenvalue weighted by molar-refractivity contribution is -0.122. The lowest BCUT2D eigenvalue weighted by Crippen LogP contribution is -2.37. The van der Waals surface area contributed by atoms with Gasteiger partial charge in [0, 0.05) is 25.5 Å². The number of aryl methyl sites for hydroxylation is 1. The Morgan fingerprint density at radius 1 is 1.30 bits per heavy atom. The fourth-order valence-corrected chi connectivity index (χ4v) is 2.21. The topological polar surface area (TPSA) is 77.2 Å². The van der Waals surface area contributed by atoms with Gasteiger partial charge in [-0.25, -0.2) is 0 Å². The minimum atomic E-state index is 0.0247. The fraction of sp³-hybridized carbons (Fsp3) is 0.471. The molecule has 0 saturated carbocycles. The molecule has 0 bridgehead atoms. The van der Waals surface area contributed by atoms with Crippen LogP contribution in [-0.2, 0) is 16.0 Å². The maximum atomic E-state index is 11.9. The van der Waals surface area contributed by atoms with Gasteiger partial charge in [-0.15, -0.1) is 10.2 Å². The SMILES string of the molecule is CC[C@@H](COC)NC(=O)CCCc1nnc(-c2ccccc2)o1. The molecule has 1 N–H and O–H groups in total. The summed E-state index contributed by atoms with van der Waals surface area (Å²) in [6, 6.07) is 9.70. The van der Waals surface area contributed by atoms with E-state index in [0.717, 1.165) is 12.0 Å². The van der Waals surface area contributed by atoms with Crippen molar-refractivity contribution >= 4 is 5.91 Å². The molecule has 1 aromatic carbocycles. The highest BCUT2D eigenvalue weighted by atomic mass is 16.5. The summed E-state index contributed by atoms with van der Waals surface area (Å²) in [5.41, 5.74) is 0.898. The first-order valence-corrected chi connectivity index (χ1v) is 7.89. The second-order valence-electron chi connectivity index (χ2n) is 5.35. The van der Waals surface area contributed by atoms with E-state index >= 15 is 0 Å². The zero-order valence-electron chi connectivity index (χ0n) is 13.6. The van der Waals surface area contributed by atoms with Crippen LogP contribution in [-0.4, -0.2) is 35.9 Å². The minimum absolute atomic E-state index is 0.0247. The van der Waals surface area contributed by atoms with E-state index in [1.165, 1.54) is 0 Å². The van der Waals surface area contributed by atoms with Crippen molar-refractivity contribution in [2.75, 3.05) is 13.7 Å². The van der Waals surface area contributed by atoms with Crippen molar-refractivity contribution < 1.29 is 13.9 Å². The van der Waals surface area contributed by atoms with Gasteiger partial charge in [0.2, 0.25) is 17.7 Å². The van der Waals surface area contributed by atoms with Crippen LogP contribution in [0.25, 0.3) is 11.5 Å². The molecule has 0 fully saturated rings. The van der Waals surface area contributed by atoms with E-state index in [4.69, 9.17) is 9.15 Å². The molecule has 0 spiro atoms. The summed E-state index contributed by atoms with van der Waals surface area (Å²) in [6.07, 6.45) is 2.55. The number of aromatic nitrogens is 2. The number of carbonyl (C=O) groups is 1. The molecule has 124 valence electrons. The first-order chi connectivity index (χ1) is 11.2. The van der Waals surface area contributed by atoms with E-state index in [2.05, 4.69) is 15.5 Å². The van der Waals surface area contributed by atoms with Crippen molar-refractivity contribution in [1.82, 2.24) is 15.5 Å². The van der Waals surface area contributed by atoms with Crippen molar-refractivity contribution in [1.29, 1.82) is 0 Å². The molecule has 1 atom stereocenters. The van der Waals surface area contributed by atoms with Crippen molar-refractivity contribution in [2.24, 2.45) is 0 Å². The Morgan fingerprint density at radius 2 is 2.09 bits per heavy atom. The quantitative estimate of drug-likeness (QED) is 0.769. The van der Waals surface area contributed by atoms with Gasteiger partial charge in [-0.1, -0.05) is 25.1 Å². The van der Waals surface area contributed by atoms with Gasteiger partial charge < -0.3 is 14.5 Å². The molecular weight excluding hydrogens is 294 g/mol. The molecule has 0 aliphatic carbocycles. The van der Waals surface area contributed by atoms with Crippen LogP contribution in [0.3, 0.4) is 0 Å². The summed E-state index contributed by atoms with van der Waals surface area (Å²) in [5.74, 6) is 1.09. The molecule has 2 rings (SSSR count). The predicted molar refractivity (Wildman–Crippen MR) is 86.8 cm³/mol. The molecule has 2 aromatic rings. The maximum absolute atomic E-state index is 11.9. The van der Waals surface area contributed by atoms with Crippen LogP contribution >= 0.6 is 0 Å². The predicted octanol–water partition coefficient (Wildman–Crippen LogP) is 2.60. The van der Waals surface area contributed by atoms with E-state index in [0.29, 0.717) is 37.7 Å². The van der Waals surface area contributed by atoms with E-state index in [1.54, 1.807) is 7.11 Å². The summed E-state index contributed by atoms with van der Waals surface area (Å²) in [5, 5.41) is 11.0. The molecule has 0 aliphatic rings. The van der Waals surface area contributed by atoms with Gasteiger partial charge in [0.15, 0.2) is 0 Å². The molecule has 0 radical (unpaired) electrons. The van der Waals surface area contributed by atoms with Crippen LogP contribution in [0.1, 0.15) is 32.1 Å². The number of carbonyl (C=O) groups excluding carboxylic acids is 1. The molecule has 1 amide bonds. The van der Waals surface area contributed by atoms with Crippen molar-refractivity contribution in [3.8, 4) is 11.5 Å². The Balaban J connectivity index is 1.76. The van der Waals surface area contributed by atoms with Crippen LogP contribution in [0.5, 0.6) is 0 Å². The van der Waals surface area contributed by atoms with Gasteiger partial charge in [0.1, 0.15) is 0 Å². The molecule has 1 aromatic heterocycles. The van der Waals surface area contributed by atoms with E-state index in [1.807, 2.05) is 37.3 Å². The van der Waals surface area contributed by atoms with E-state index in [9.17, 15) is 4.79 Å². The fourth-order valence-electron chi connectivity index (χ4n) is 2.21. The number of ether oxygens (including phenoxy) is 1. The molecular formula is C17H23N3O3. The molecule has 0 unspecified atom stereocenters. The van der Waals surface area contributed by atoms with Gasteiger partial charge in [-0.05, 0) is 25.0 Å². The number of nitrogens with zero attached hydrogens (tertiary/aromatic N) is 2. The van der Waals surface area contributed by atoms with Crippen molar-refractivity contribution in [2.45, 2.75) is 38.6 Å². The first kappa shape index (κ1) is 17.1. The number of rotatable bonds is 9.